The maximum Gasteiger partial charge on any atom is 0.151 e. The topological polar surface area (TPSA) is 17.1 Å². The van der Waals surface area contributed by atoms with Crippen LogP contribution in [0.2, 0.25) is 0 Å². The van der Waals surface area contributed by atoms with Gasteiger partial charge in [0.1, 0.15) is 0 Å². The average molecular weight is 231 g/mol. The van der Waals surface area contributed by atoms with Gasteiger partial charge in [0.25, 0.3) is 0 Å². The van der Waals surface area contributed by atoms with E-state index in [2.05, 4.69) is 0 Å². The van der Waals surface area contributed by atoms with Gasteiger partial charge < -0.3 is 0 Å². The minimum absolute atomic E-state index is 0.0430. The Morgan fingerprint density at radius 3 is 2.50 bits per heavy atom. The first-order valence-corrected chi connectivity index (χ1v) is 5.47. The lowest BCUT2D eigenvalue weighted by Gasteiger charge is -2.07. The van der Waals surface area contributed by atoms with Crippen LogP contribution in [0.4, 0.5) is 0 Å². The van der Waals surface area contributed by atoms with Crippen LogP contribution in [0.3, 0.4) is 0 Å². The fraction of sp³-hybridized carbons (Fsp3) is 0.364. The summed E-state index contributed by atoms with van der Waals surface area (Å²) in [5.74, 6) is 0.598. The molecule has 0 spiro atoms. The minimum Gasteiger partial charge on any atom is -0.298 e. The van der Waals surface area contributed by atoms with E-state index in [1.807, 2.05) is 25.1 Å². The number of carbonyl (C=O) groups is 1. The molecule has 76 valence electrons. The number of hydrogen-bond acceptors (Lipinski definition) is 1. The zero-order valence-corrected chi connectivity index (χ0v) is 9.53. The SMILES string of the molecule is Cc1c(CCl)cccc1CC(=O)CCl. The fourth-order valence-corrected chi connectivity index (χ4v) is 1.72. The highest BCUT2D eigenvalue weighted by Gasteiger charge is 2.06. The zero-order chi connectivity index (χ0) is 10.6. The molecule has 1 aromatic carbocycles. The predicted molar refractivity (Wildman–Crippen MR) is 60.2 cm³/mol. The highest BCUT2D eigenvalue weighted by molar-refractivity contribution is 6.27. The van der Waals surface area contributed by atoms with Crippen molar-refractivity contribution in [3.05, 3.63) is 34.9 Å². The highest BCUT2D eigenvalue weighted by Crippen LogP contribution is 2.16. The number of benzene rings is 1. The van der Waals surface area contributed by atoms with Crippen LogP contribution in [0, 0.1) is 6.92 Å². The first-order valence-electron chi connectivity index (χ1n) is 4.40. The Labute approximate surface area is 94.0 Å². The number of rotatable bonds is 4. The quantitative estimate of drug-likeness (QED) is 0.727. The second-order valence-corrected chi connectivity index (χ2v) is 3.72. The molecule has 14 heavy (non-hydrogen) atoms. The lowest BCUT2D eigenvalue weighted by Crippen LogP contribution is -2.06. The normalized spacial score (nSPS) is 10.2. The van der Waals surface area contributed by atoms with Crippen LogP contribution < -0.4 is 0 Å². The molecule has 1 aromatic rings. The summed E-state index contributed by atoms with van der Waals surface area (Å²) >= 11 is 11.2. The molecular weight excluding hydrogens is 219 g/mol. The molecule has 0 aliphatic rings. The summed E-state index contributed by atoms with van der Waals surface area (Å²) in [6.45, 7) is 1.98. The van der Waals surface area contributed by atoms with Crippen molar-refractivity contribution in [1.82, 2.24) is 0 Å². The summed E-state index contributed by atoms with van der Waals surface area (Å²) in [6.07, 6.45) is 0.403. The Hall–Kier alpha value is -0.530. The van der Waals surface area contributed by atoms with Crippen LogP contribution in [-0.2, 0) is 17.1 Å². The third-order valence-corrected chi connectivity index (χ3v) is 2.82. The van der Waals surface area contributed by atoms with E-state index >= 15 is 0 Å². The summed E-state index contributed by atoms with van der Waals surface area (Å²) in [6, 6.07) is 5.83. The molecule has 0 saturated heterocycles. The fourth-order valence-electron chi connectivity index (χ4n) is 1.33. The third-order valence-electron chi connectivity index (χ3n) is 2.24. The predicted octanol–water partition coefficient (Wildman–Crippen LogP) is 3.08. The second kappa shape index (κ2) is 5.38. The Morgan fingerprint density at radius 1 is 1.29 bits per heavy atom. The molecule has 1 nitrogen and oxygen atoms in total. The molecule has 0 bridgehead atoms. The van der Waals surface area contributed by atoms with E-state index < -0.39 is 0 Å². The molecule has 0 fully saturated rings. The van der Waals surface area contributed by atoms with Crippen molar-refractivity contribution < 1.29 is 4.79 Å². The summed E-state index contributed by atoms with van der Waals surface area (Å²) < 4.78 is 0. The molecular formula is C11H12Cl2O. The van der Waals surface area contributed by atoms with Gasteiger partial charge in [-0.15, -0.1) is 23.2 Å². The van der Waals surface area contributed by atoms with Gasteiger partial charge >= 0.3 is 0 Å². The van der Waals surface area contributed by atoms with E-state index in [0.29, 0.717) is 12.3 Å². The molecule has 3 heteroatoms. The van der Waals surface area contributed by atoms with Crippen LogP contribution in [-0.4, -0.2) is 11.7 Å². The Balaban J connectivity index is 2.92. The molecule has 0 N–H and O–H groups in total. The van der Waals surface area contributed by atoms with E-state index in [1.54, 1.807) is 0 Å². The Bertz CT molecular complexity index is 334. The van der Waals surface area contributed by atoms with Gasteiger partial charge in [0, 0.05) is 12.3 Å². The first-order chi connectivity index (χ1) is 6.69. The summed E-state index contributed by atoms with van der Waals surface area (Å²) in [4.78, 5) is 11.2. The zero-order valence-electron chi connectivity index (χ0n) is 8.02. The molecule has 0 amide bonds. The number of alkyl halides is 2. The van der Waals surface area contributed by atoms with E-state index in [-0.39, 0.29) is 11.7 Å². The number of hydrogen-bond donors (Lipinski definition) is 0. The molecule has 0 unspecified atom stereocenters. The van der Waals surface area contributed by atoms with Gasteiger partial charge in [0.05, 0.1) is 5.88 Å². The largest absolute Gasteiger partial charge is 0.298 e. The maximum absolute atomic E-state index is 11.2. The number of halogens is 2. The third kappa shape index (κ3) is 2.73. The Kier molecular flexibility index (Phi) is 4.43. The average Bonchev–Trinajstić information content (AvgIpc) is 2.21. The maximum atomic E-state index is 11.2. The number of ketones is 1. The standard InChI is InChI=1S/C11H12Cl2O/c1-8-9(5-11(14)7-13)3-2-4-10(8)6-12/h2-4H,5-7H2,1H3. The van der Waals surface area contributed by atoms with Gasteiger partial charge in [-0.2, -0.15) is 0 Å². The smallest absolute Gasteiger partial charge is 0.151 e. The van der Waals surface area contributed by atoms with Gasteiger partial charge in [-0.25, -0.2) is 0 Å². The molecule has 1 rings (SSSR count). The van der Waals surface area contributed by atoms with Crippen LogP contribution in [0.5, 0.6) is 0 Å². The highest BCUT2D eigenvalue weighted by atomic mass is 35.5. The van der Waals surface area contributed by atoms with Crippen LogP contribution in [0.15, 0.2) is 18.2 Å². The van der Waals surface area contributed by atoms with Gasteiger partial charge in [-0.1, -0.05) is 18.2 Å². The molecule has 0 heterocycles. The number of Topliss-reactive ketones (excluding diaryl/α,β-unsaturated/α-hetero) is 1. The molecule has 0 aliphatic heterocycles. The first kappa shape index (κ1) is 11.5. The minimum atomic E-state index is 0.0430. The molecule has 0 aliphatic carbocycles. The van der Waals surface area contributed by atoms with Gasteiger partial charge in [-0.05, 0) is 23.6 Å². The molecule has 0 aromatic heterocycles. The molecule has 0 atom stereocenters. The van der Waals surface area contributed by atoms with Crippen molar-refractivity contribution in [2.75, 3.05) is 5.88 Å². The lowest BCUT2D eigenvalue weighted by molar-refractivity contribution is -0.116. The van der Waals surface area contributed by atoms with E-state index in [9.17, 15) is 4.79 Å². The Morgan fingerprint density at radius 2 is 1.93 bits per heavy atom. The second-order valence-electron chi connectivity index (χ2n) is 3.18. The van der Waals surface area contributed by atoms with E-state index in [4.69, 9.17) is 23.2 Å². The lowest BCUT2D eigenvalue weighted by atomic mass is 10.00. The van der Waals surface area contributed by atoms with Gasteiger partial charge in [0.2, 0.25) is 0 Å². The van der Waals surface area contributed by atoms with Crippen LogP contribution in [0.1, 0.15) is 16.7 Å². The van der Waals surface area contributed by atoms with Crippen molar-refractivity contribution in [1.29, 1.82) is 0 Å². The molecule has 0 radical (unpaired) electrons. The van der Waals surface area contributed by atoms with Crippen LogP contribution in [0.25, 0.3) is 0 Å². The van der Waals surface area contributed by atoms with Crippen molar-refractivity contribution in [2.24, 2.45) is 0 Å². The monoisotopic (exact) mass is 230 g/mol. The van der Waals surface area contributed by atoms with Crippen molar-refractivity contribution in [3.8, 4) is 0 Å². The summed E-state index contributed by atoms with van der Waals surface area (Å²) in [7, 11) is 0. The number of carbonyl (C=O) groups excluding carboxylic acids is 1. The van der Waals surface area contributed by atoms with Crippen molar-refractivity contribution in [3.63, 3.8) is 0 Å². The summed E-state index contributed by atoms with van der Waals surface area (Å²) in [5.41, 5.74) is 3.20. The van der Waals surface area contributed by atoms with Crippen molar-refractivity contribution >= 4 is 29.0 Å². The summed E-state index contributed by atoms with van der Waals surface area (Å²) in [5, 5.41) is 0. The van der Waals surface area contributed by atoms with Crippen molar-refractivity contribution in [2.45, 2.75) is 19.2 Å². The van der Waals surface area contributed by atoms with Gasteiger partial charge in [-0.3, -0.25) is 4.79 Å². The molecule has 0 saturated carbocycles. The van der Waals surface area contributed by atoms with Gasteiger partial charge in [0.15, 0.2) is 5.78 Å². The van der Waals surface area contributed by atoms with E-state index in [0.717, 1.165) is 16.7 Å². The van der Waals surface area contributed by atoms with Crippen LogP contribution >= 0.6 is 23.2 Å². The van der Waals surface area contributed by atoms with E-state index in [1.165, 1.54) is 0 Å².